The number of hydrogen-bond donors (Lipinski definition) is 0. The van der Waals surface area contributed by atoms with E-state index >= 15 is 0 Å². The summed E-state index contributed by atoms with van der Waals surface area (Å²) in [6.07, 6.45) is 0. The van der Waals surface area contributed by atoms with Crippen LogP contribution in [-0.2, 0) is 58.5 Å². The van der Waals surface area contributed by atoms with Crippen molar-refractivity contribution in [2.75, 3.05) is 0 Å². The van der Waals surface area contributed by atoms with E-state index in [0.29, 0.717) is 101 Å². The summed E-state index contributed by atoms with van der Waals surface area (Å²) in [4.78, 5) is 40.2. The smallest absolute Gasteiger partial charge is 0.744 e. The molecule has 0 amide bonds. The normalized spacial score (nSPS) is 11.4. The molecule has 0 saturated heterocycles. The molecule has 0 atom stereocenters. The Balaban J connectivity index is 0.00000205. The van der Waals surface area contributed by atoms with E-state index < -0.39 is 30.0 Å². The Labute approximate surface area is 613 Å². The van der Waals surface area contributed by atoms with E-state index in [9.17, 15) is 36.5 Å². The zero-order valence-corrected chi connectivity index (χ0v) is 60.8. The predicted molar refractivity (Wildman–Crippen MR) is 292 cm³/mol. The van der Waals surface area contributed by atoms with Crippen LogP contribution >= 0.6 is 24.1 Å². The second kappa shape index (κ2) is 29.9. The molecule has 24 nitrogen and oxygen atoms in total. The van der Waals surface area contributed by atoms with E-state index in [1.54, 1.807) is 121 Å². The largest absolute Gasteiger partial charge is 1.00 e. The minimum absolute atomic E-state index is 0. The molecule has 13 rings (SSSR count). The molecule has 0 aliphatic carbocycles. The van der Waals surface area contributed by atoms with Gasteiger partial charge in [-0.1, -0.05) is 24.3 Å². The molecule has 11 aromatic rings. The Kier molecular flexibility index (Phi) is 23.5. The van der Waals surface area contributed by atoms with Crippen molar-refractivity contribution in [1.29, 1.82) is 0 Å². The van der Waals surface area contributed by atoms with E-state index in [1.807, 2.05) is 0 Å². The first-order valence-corrected chi connectivity index (χ1v) is 28.6. The SMILES string of the molecule is O=S(=O)([O-])c1cccc(Oc2ccc3c(c2)-c2nc-3nc3[n-]c(nc4nc(nc5[n-]c(n2)c2ccc(Oc6cccc(SOO[O-])c6)cc52)-c2ccc(Oc5cccc(SOO[O-])c5)cc2-4)c2ccc(Oc4cccc(S(=O)(=O)[O-])c4)cc32)c1.[Na+].[Na+].[Na+].[Na+].[Zn]. The van der Waals surface area contributed by atoms with Gasteiger partial charge in [-0.15, -0.1) is 0 Å². The van der Waals surface area contributed by atoms with Gasteiger partial charge in [-0.3, -0.25) is 10.1 Å². The van der Waals surface area contributed by atoms with E-state index in [0.717, 1.165) is 24.3 Å². The number of hydrogen-bond acceptors (Lipinski definition) is 24. The van der Waals surface area contributed by atoms with Crippen LogP contribution in [0, 0.1) is 0 Å². The van der Waals surface area contributed by atoms with Crippen molar-refractivity contribution in [3.05, 3.63) is 170 Å². The molecule has 0 saturated carbocycles. The van der Waals surface area contributed by atoms with Gasteiger partial charge in [-0.2, -0.15) is 8.67 Å². The summed E-state index contributed by atoms with van der Waals surface area (Å²) in [7, 11) is -9.65. The maximum absolute atomic E-state index is 12.0. The molecular formula is C56H28N8Na4O16S4Zn-2. The minimum atomic E-state index is -4.83. The predicted octanol–water partition coefficient (Wildman–Crippen LogP) is -2.42. The van der Waals surface area contributed by atoms with Gasteiger partial charge in [0, 0.05) is 74.1 Å². The van der Waals surface area contributed by atoms with Crippen molar-refractivity contribution in [2.24, 2.45) is 0 Å². The quantitative estimate of drug-likeness (QED) is 0.0319. The number of benzene rings is 8. The fourth-order valence-electron chi connectivity index (χ4n) is 9.05. The molecule has 33 heteroatoms. The Morgan fingerprint density at radius 3 is 1.03 bits per heavy atom. The van der Waals surface area contributed by atoms with Gasteiger partial charge >= 0.3 is 118 Å². The summed E-state index contributed by atoms with van der Waals surface area (Å²) in [6.45, 7) is 0. The fraction of sp³-hybridized carbons (Fsp3) is 0. The van der Waals surface area contributed by atoms with Crippen LogP contribution in [0.3, 0.4) is 0 Å². The van der Waals surface area contributed by atoms with E-state index in [-0.39, 0.29) is 207 Å². The van der Waals surface area contributed by atoms with Gasteiger partial charge in [0.25, 0.3) is 0 Å². The monoisotopic (exact) mass is 1350 g/mol. The summed E-state index contributed by atoms with van der Waals surface area (Å²) >= 11 is 1.39. The summed E-state index contributed by atoms with van der Waals surface area (Å²) in [5.41, 5.74) is 2.34. The average molecular weight is 1350 g/mol. The number of fused-ring (bicyclic) bond motifs is 20. The van der Waals surface area contributed by atoms with Gasteiger partial charge < -0.3 is 68.5 Å². The zero-order chi connectivity index (χ0) is 57.7. The molecule has 2 aliphatic heterocycles. The Bertz CT molecular complexity index is 4930. The Morgan fingerprint density at radius 2 is 0.663 bits per heavy atom. The second-order valence-corrected chi connectivity index (χ2v) is 22.3. The van der Waals surface area contributed by atoms with Crippen molar-refractivity contribution < 1.29 is 212 Å². The number of aromatic nitrogens is 8. The van der Waals surface area contributed by atoms with Crippen molar-refractivity contribution in [3.63, 3.8) is 0 Å². The molecule has 0 unspecified atom stereocenters. The van der Waals surface area contributed by atoms with Crippen LogP contribution in [-0.4, -0.2) is 55.8 Å². The molecule has 2 aliphatic rings. The van der Waals surface area contributed by atoms with E-state index in [2.05, 4.69) is 18.7 Å². The van der Waals surface area contributed by atoms with E-state index in [4.69, 9.17) is 58.8 Å². The third kappa shape index (κ3) is 15.7. The molecule has 0 fully saturated rings. The van der Waals surface area contributed by atoms with Gasteiger partial charge in [0.15, 0.2) is 0 Å². The topological polar surface area (TPSA) is 340 Å². The van der Waals surface area contributed by atoms with Gasteiger partial charge in [0.2, 0.25) is 0 Å². The fourth-order valence-corrected chi connectivity index (χ4v) is 10.9. The number of nitrogens with zero attached hydrogens (tertiary/aromatic N) is 8. The Morgan fingerprint density at radius 1 is 0.348 bits per heavy atom. The number of ether oxygens (including phenoxy) is 4. The molecule has 420 valence electrons. The van der Waals surface area contributed by atoms with Crippen molar-refractivity contribution in [1.82, 2.24) is 39.9 Å². The van der Waals surface area contributed by atoms with Crippen molar-refractivity contribution in [3.8, 4) is 91.5 Å². The van der Waals surface area contributed by atoms with Crippen LogP contribution in [0.1, 0.15) is 0 Å². The third-order valence-electron chi connectivity index (χ3n) is 12.6. The molecule has 0 N–H and O–H groups in total. The van der Waals surface area contributed by atoms with Gasteiger partial charge in [-0.05, 0) is 167 Å². The number of rotatable bonds is 16. The second-order valence-electron chi connectivity index (χ2n) is 18.0. The summed E-state index contributed by atoms with van der Waals surface area (Å²) in [5, 5.41) is 30.0. The first kappa shape index (κ1) is 70.1. The summed E-state index contributed by atoms with van der Waals surface area (Å²) in [5.74, 6) is 2.53. The van der Waals surface area contributed by atoms with E-state index in [1.165, 1.54) is 24.3 Å². The summed E-state index contributed by atoms with van der Waals surface area (Å²) < 4.78 is 106. The molecule has 5 heterocycles. The molecule has 89 heavy (non-hydrogen) atoms. The first-order valence-electron chi connectivity index (χ1n) is 24.3. The molecule has 0 spiro atoms. The molecular weight excluding hydrogens is 1330 g/mol. The van der Waals surface area contributed by atoms with Crippen molar-refractivity contribution in [2.45, 2.75) is 19.6 Å². The van der Waals surface area contributed by atoms with Gasteiger partial charge in [0.1, 0.15) is 66.2 Å². The third-order valence-corrected chi connectivity index (χ3v) is 15.4. The first-order chi connectivity index (χ1) is 40.7. The summed E-state index contributed by atoms with van der Waals surface area (Å²) in [6, 6.07) is 43.8. The molecule has 8 bridgehead atoms. The maximum Gasteiger partial charge on any atom is 1.00 e. The standard InChI is InChI=1S/C56H32N8O16S4.4Na.Zn/c65-77-79-81-37-9-1-5-29(21-37)73-33-13-17-41-45(25-33)54-58-49(41)57-53-46-26-34(74-30-6-2-10-38(22-30)82-80-78-66)14-18-42(46)50(59-53)61-55-48-28-36(76-32-8-4-12-40(24-32)84(70,71)72)16-20-44(48)52(63-55)64-56-47-27-35(15-19-43(47)51(60-54)62-56)75-31-7-3-11-39(23-31)83(67,68)69;;;;;/h1-28H,(H4-2,57,58,59,60,61,62,63,64,65,66,67,68,69,70,71,72);;;;;/q-2;4*+1;/p-4. The molecule has 8 aromatic carbocycles. The van der Waals surface area contributed by atoms with Crippen molar-refractivity contribution >= 4 is 88.5 Å². The van der Waals surface area contributed by atoms with Crippen LogP contribution < -0.4 is 158 Å². The van der Waals surface area contributed by atoms with Gasteiger partial charge in [-0.25, -0.2) is 26.8 Å². The maximum atomic E-state index is 12.0. The van der Waals surface area contributed by atoms with Crippen LogP contribution in [0.25, 0.3) is 89.7 Å². The van der Waals surface area contributed by atoms with Crippen LogP contribution in [0.15, 0.2) is 189 Å². The zero-order valence-electron chi connectivity index (χ0n) is 46.6. The van der Waals surface area contributed by atoms with Crippen LogP contribution in [0.5, 0.6) is 46.0 Å². The average Bonchev–Trinajstić information content (AvgIpc) is 1.69. The molecule has 0 radical (unpaired) electrons. The van der Waals surface area contributed by atoms with Crippen LogP contribution in [0.4, 0.5) is 0 Å². The molecule has 3 aromatic heterocycles. The Hall–Kier alpha value is -4.78. The van der Waals surface area contributed by atoms with Crippen LogP contribution in [0.2, 0.25) is 0 Å². The van der Waals surface area contributed by atoms with Gasteiger partial charge in [0.05, 0.1) is 57.2 Å². The minimum Gasteiger partial charge on any atom is -0.744 e.